The molecule has 1 aliphatic rings. The number of nitrogens with zero attached hydrogens (tertiary/aromatic N) is 3. The fourth-order valence-electron chi connectivity index (χ4n) is 2.44. The Balaban J connectivity index is 1.78. The van der Waals surface area contributed by atoms with E-state index in [1.165, 1.54) is 6.20 Å². The van der Waals surface area contributed by atoms with Crippen LogP contribution in [-0.4, -0.2) is 57.7 Å². The molecule has 7 nitrogen and oxygen atoms in total. The monoisotopic (exact) mass is 301 g/mol. The van der Waals surface area contributed by atoms with Crippen molar-refractivity contribution in [3.05, 3.63) is 36.2 Å². The summed E-state index contributed by atoms with van der Waals surface area (Å²) in [6.07, 6.45) is 0.850. The van der Waals surface area contributed by atoms with Gasteiger partial charge in [0, 0.05) is 13.1 Å². The fraction of sp³-hybridized carbons (Fsp3) is 0.333. The molecular formula is C15H15N3O4. The van der Waals surface area contributed by atoms with Crippen molar-refractivity contribution in [2.45, 2.75) is 12.5 Å². The van der Waals surface area contributed by atoms with Gasteiger partial charge in [-0.25, -0.2) is 4.98 Å². The molecule has 1 aromatic carbocycles. The van der Waals surface area contributed by atoms with Crippen molar-refractivity contribution in [1.82, 2.24) is 14.9 Å². The highest BCUT2D eigenvalue weighted by Crippen LogP contribution is 2.14. The normalized spacial score (nSPS) is 18.4. The van der Waals surface area contributed by atoms with E-state index in [1.807, 2.05) is 18.2 Å². The Labute approximate surface area is 126 Å². The topological polar surface area (TPSA) is 92.6 Å². The van der Waals surface area contributed by atoms with Crippen LogP contribution in [0.5, 0.6) is 0 Å². The van der Waals surface area contributed by atoms with Crippen LogP contribution in [0.1, 0.15) is 16.9 Å². The third-order valence-electron chi connectivity index (χ3n) is 3.50. The molecule has 22 heavy (non-hydrogen) atoms. The van der Waals surface area contributed by atoms with Gasteiger partial charge in [-0.2, -0.15) is 0 Å². The van der Waals surface area contributed by atoms with Crippen LogP contribution < -0.4 is 0 Å². The summed E-state index contributed by atoms with van der Waals surface area (Å²) < 4.78 is 5.36. The van der Waals surface area contributed by atoms with Crippen LogP contribution in [0.2, 0.25) is 0 Å². The average molecular weight is 301 g/mol. The number of fused-ring (bicyclic) bond motifs is 1. The van der Waals surface area contributed by atoms with Gasteiger partial charge in [-0.1, -0.05) is 12.1 Å². The van der Waals surface area contributed by atoms with Gasteiger partial charge in [0.15, 0.2) is 0 Å². The third-order valence-corrected chi connectivity index (χ3v) is 3.50. The Bertz CT molecular complexity index is 719. The highest BCUT2D eigenvalue weighted by atomic mass is 16.5. The maximum Gasteiger partial charge on any atom is 0.306 e. The fourth-order valence-corrected chi connectivity index (χ4v) is 2.44. The van der Waals surface area contributed by atoms with Gasteiger partial charge in [-0.05, 0) is 12.1 Å². The summed E-state index contributed by atoms with van der Waals surface area (Å²) in [6, 6.07) is 7.32. The van der Waals surface area contributed by atoms with Crippen molar-refractivity contribution in [2.24, 2.45) is 0 Å². The van der Waals surface area contributed by atoms with E-state index >= 15 is 0 Å². The quantitative estimate of drug-likeness (QED) is 0.907. The number of carboxylic acids is 1. The molecule has 0 aliphatic carbocycles. The van der Waals surface area contributed by atoms with Gasteiger partial charge in [0.05, 0.1) is 36.4 Å². The smallest absolute Gasteiger partial charge is 0.306 e. The van der Waals surface area contributed by atoms with Crippen LogP contribution in [0.3, 0.4) is 0 Å². The van der Waals surface area contributed by atoms with Crippen LogP contribution in [0.15, 0.2) is 30.5 Å². The van der Waals surface area contributed by atoms with Crippen molar-refractivity contribution in [3.8, 4) is 0 Å². The molecule has 0 saturated carbocycles. The second kappa shape index (κ2) is 6.07. The standard InChI is InChI=1S/C15H15N3O4/c19-14(20)7-10-9-18(5-6-22-10)15(21)13-8-16-11-3-1-2-4-12(11)17-13/h1-4,8,10H,5-7,9H2,(H,19,20). The summed E-state index contributed by atoms with van der Waals surface area (Å²) in [4.78, 5) is 33.4. The first-order valence-corrected chi connectivity index (χ1v) is 6.98. The molecule has 0 radical (unpaired) electrons. The molecular weight excluding hydrogens is 286 g/mol. The number of hydrogen-bond acceptors (Lipinski definition) is 5. The average Bonchev–Trinajstić information content (AvgIpc) is 2.53. The summed E-state index contributed by atoms with van der Waals surface area (Å²) >= 11 is 0. The molecule has 2 heterocycles. The zero-order valence-corrected chi connectivity index (χ0v) is 11.8. The SMILES string of the molecule is O=C(O)CC1CN(C(=O)c2cnc3ccccc3n2)CCO1. The van der Waals surface area contributed by atoms with Gasteiger partial charge in [0.1, 0.15) is 5.69 Å². The van der Waals surface area contributed by atoms with E-state index in [9.17, 15) is 9.59 Å². The number of aromatic nitrogens is 2. The number of carboxylic acid groups (broad SMARTS) is 1. The van der Waals surface area contributed by atoms with Crippen LogP contribution in [-0.2, 0) is 9.53 Å². The van der Waals surface area contributed by atoms with Crippen LogP contribution in [0.4, 0.5) is 0 Å². The lowest BCUT2D eigenvalue weighted by molar-refractivity contribution is -0.141. The largest absolute Gasteiger partial charge is 0.481 e. The van der Waals surface area contributed by atoms with Gasteiger partial charge in [0.2, 0.25) is 0 Å². The van der Waals surface area contributed by atoms with Crippen molar-refractivity contribution < 1.29 is 19.4 Å². The Morgan fingerprint density at radius 3 is 2.86 bits per heavy atom. The van der Waals surface area contributed by atoms with Crippen molar-refractivity contribution >= 4 is 22.9 Å². The number of para-hydroxylation sites is 2. The minimum absolute atomic E-state index is 0.118. The van der Waals surface area contributed by atoms with E-state index < -0.39 is 12.1 Å². The number of carbonyl (C=O) groups is 2. The van der Waals surface area contributed by atoms with Gasteiger partial charge < -0.3 is 14.7 Å². The summed E-state index contributed by atoms with van der Waals surface area (Å²) in [5, 5.41) is 8.82. The maximum absolute atomic E-state index is 12.5. The summed E-state index contributed by atoms with van der Waals surface area (Å²) in [6.45, 7) is 0.994. The zero-order chi connectivity index (χ0) is 15.5. The number of carbonyl (C=O) groups excluding carboxylic acids is 1. The first-order chi connectivity index (χ1) is 10.6. The molecule has 1 atom stereocenters. The molecule has 2 aromatic rings. The number of benzene rings is 1. The number of ether oxygens (including phenoxy) is 1. The molecule has 1 unspecified atom stereocenters. The van der Waals surface area contributed by atoms with Crippen LogP contribution in [0, 0.1) is 0 Å². The Kier molecular flexibility index (Phi) is 3.97. The van der Waals surface area contributed by atoms with Gasteiger partial charge in [0.25, 0.3) is 5.91 Å². The number of aliphatic carboxylic acids is 1. The van der Waals surface area contributed by atoms with E-state index in [0.29, 0.717) is 18.7 Å². The van der Waals surface area contributed by atoms with E-state index in [-0.39, 0.29) is 24.6 Å². The number of hydrogen-bond donors (Lipinski definition) is 1. The Morgan fingerprint density at radius 2 is 2.09 bits per heavy atom. The van der Waals surface area contributed by atoms with Gasteiger partial charge in [-0.15, -0.1) is 0 Å². The highest BCUT2D eigenvalue weighted by molar-refractivity contribution is 5.93. The molecule has 1 aromatic heterocycles. The van der Waals surface area contributed by atoms with Crippen LogP contribution >= 0.6 is 0 Å². The molecule has 0 spiro atoms. The summed E-state index contributed by atoms with van der Waals surface area (Å²) in [7, 11) is 0. The molecule has 1 aliphatic heterocycles. The minimum atomic E-state index is -0.940. The van der Waals surface area contributed by atoms with E-state index in [2.05, 4.69) is 9.97 Å². The molecule has 1 amide bonds. The molecule has 1 N–H and O–H groups in total. The number of rotatable bonds is 3. The van der Waals surface area contributed by atoms with Crippen molar-refractivity contribution in [1.29, 1.82) is 0 Å². The van der Waals surface area contributed by atoms with Gasteiger partial charge >= 0.3 is 5.97 Å². The maximum atomic E-state index is 12.5. The summed E-state index contributed by atoms with van der Waals surface area (Å²) in [5.74, 6) is -1.19. The molecule has 7 heteroatoms. The van der Waals surface area contributed by atoms with Crippen LogP contribution in [0.25, 0.3) is 11.0 Å². The third kappa shape index (κ3) is 3.04. The highest BCUT2D eigenvalue weighted by Gasteiger charge is 2.27. The number of morpholine rings is 1. The zero-order valence-electron chi connectivity index (χ0n) is 11.8. The minimum Gasteiger partial charge on any atom is -0.481 e. The lowest BCUT2D eigenvalue weighted by atomic mass is 10.2. The number of amides is 1. The van der Waals surface area contributed by atoms with E-state index in [1.54, 1.807) is 11.0 Å². The first kappa shape index (κ1) is 14.4. The Morgan fingerprint density at radius 1 is 1.32 bits per heavy atom. The van der Waals surface area contributed by atoms with E-state index in [0.717, 1.165) is 5.52 Å². The Hall–Kier alpha value is -2.54. The predicted octanol–water partition coefficient (Wildman–Crippen LogP) is 0.945. The molecule has 114 valence electrons. The molecule has 1 saturated heterocycles. The van der Waals surface area contributed by atoms with Crippen molar-refractivity contribution in [3.63, 3.8) is 0 Å². The molecule has 1 fully saturated rings. The lowest BCUT2D eigenvalue weighted by Crippen LogP contribution is -2.46. The predicted molar refractivity (Wildman–Crippen MR) is 77.4 cm³/mol. The summed E-state index contributed by atoms with van der Waals surface area (Å²) in [5.41, 5.74) is 1.64. The molecule has 3 rings (SSSR count). The second-order valence-corrected chi connectivity index (χ2v) is 5.09. The molecule has 0 bridgehead atoms. The lowest BCUT2D eigenvalue weighted by Gasteiger charge is -2.32. The first-order valence-electron chi connectivity index (χ1n) is 6.98. The van der Waals surface area contributed by atoms with Gasteiger partial charge in [-0.3, -0.25) is 14.6 Å². The van der Waals surface area contributed by atoms with E-state index in [4.69, 9.17) is 9.84 Å². The second-order valence-electron chi connectivity index (χ2n) is 5.09. The van der Waals surface area contributed by atoms with Crippen molar-refractivity contribution in [2.75, 3.05) is 19.7 Å².